The molecule has 0 radical (unpaired) electrons. The van der Waals surface area contributed by atoms with Gasteiger partial charge < -0.3 is 9.84 Å². The van der Waals surface area contributed by atoms with E-state index in [4.69, 9.17) is 4.74 Å². The van der Waals surface area contributed by atoms with E-state index in [-0.39, 0.29) is 17.6 Å². The Morgan fingerprint density at radius 2 is 1.63 bits per heavy atom. The van der Waals surface area contributed by atoms with E-state index >= 15 is 0 Å². The van der Waals surface area contributed by atoms with Crippen LogP contribution in [0.5, 0.6) is 0 Å². The third kappa shape index (κ3) is 3.90. The van der Waals surface area contributed by atoms with E-state index in [0.717, 1.165) is 37.7 Å². The zero-order valence-corrected chi connectivity index (χ0v) is 17.4. The van der Waals surface area contributed by atoms with Crippen molar-refractivity contribution in [1.82, 2.24) is 0 Å². The Balaban J connectivity index is 1.43. The molecule has 0 saturated heterocycles. The highest BCUT2D eigenvalue weighted by Crippen LogP contribution is 2.53. The number of aliphatic hydroxyl groups excluding tert-OH is 1. The third-order valence-electron chi connectivity index (χ3n) is 6.96. The van der Waals surface area contributed by atoms with Gasteiger partial charge in [-0.25, -0.2) is 4.79 Å². The topological polar surface area (TPSA) is 46.5 Å². The van der Waals surface area contributed by atoms with Crippen molar-refractivity contribution in [2.75, 3.05) is 0 Å². The van der Waals surface area contributed by atoms with Crippen molar-refractivity contribution >= 4 is 5.97 Å². The molecular formula is C27H30O3. The van der Waals surface area contributed by atoms with Gasteiger partial charge in [0.1, 0.15) is 5.76 Å². The molecule has 3 aliphatic rings. The fraction of sp³-hybridized carbons (Fsp3) is 0.444. The summed E-state index contributed by atoms with van der Waals surface area (Å²) in [6, 6.07) is 20.6. The summed E-state index contributed by atoms with van der Waals surface area (Å²) in [6.45, 7) is 0. The largest absolute Gasteiger partial charge is 0.507 e. The molecule has 0 spiro atoms. The second kappa shape index (κ2) is 7.94. The summed E-state index contributed by atoms with van der Waals surface area (Å²) in [5.74, 6) is 0.876. The molecule has 0 amide bonds. The van der Waals surface area contributed by atoms with Crippen molar-refractivity contribution in [2.45, 2.75) is 62.9 Å². The predicted molar refractivity (Wildman–Crippen MR) is 117 cm³/mol. The molecule has 1 aliphatic heterocycles. The molecule has 2 atom stereocenters. The average molecular weight is 403 g/mol. The standard InChI is InChI=1S/C27H30O3/c28-25-24(23(22-15-16-22)21-11-5-2-6-12-21)26(29)30-27(25,18-20-13-14-20)17-7-10-19-8-3-1-4-9-19/h1-6,8-9,11-12,20,22-23,28H,7,10,13-18H2. The normalized spacial score (nSPS) is 24.7. The number of esters is 1. The van der Waals surface area contributed by atoms with Gasteiger partial charge in [-0.15, -0.1) is 0 Å². The lowest BCUT2D eigenvalue weighted by Gasteiger charge is -2.28. The maximum absolute atomic E-state index is 13.1. The van der Waals surface area contributed by atoms with Crippen LogP contribution in [-0.4, -0.2) is 16.7 Å². The van der Waals surface area contributed by atoms with Crippen LogP contribution in [0.3, 0.4) is 0 Å². The van der Waals surface area contributed by atoms with E-state index in [1.54, 1.807) is 0 Å². The first kappa shape index (κ1) is 19.4. The lowest BCUT2D eigenvalue weighted by Crippen LogP contribution is -2.33. The van der Waals surface area contributed by atoms with Gasteiger partial charge in [-0.2, -0.15) is 0 Å². The minimum atomic E-state index is -0.829. The molecule has 0 aromatic heterocycles. The first-order valence-electron chi connectivity index (χ1n) is 11.4. The highest BCUT2D eigenvalue weighted by molar-refractivity contribution is 5.94. The number of aryl methyl sites for hydroxylation is 1. The molecule has 2 aromatic carbocycles. The summed E-state index contributed by atoms with van der Waals surface area (Å²) >= 11 is 0. The van der Waals surface area contributed by atoms with Crippen LogP contribution in [0.1, 0.15) is 62.0 Å². The highest BCUT2D eigenvalue weighted by atomic mass is 16.6. The molecule has 5 rings (SSSR count). The van der Waals surface area contributed by atoms with Gasteiger partial charge in [0, 0.05) is 5.92 Å². The van der Waals surface area contributed by atoms with Crippen LogP contribution in [-0.2, 0) is 16.0 Å². The number of carbonyl (C=O) groups excluding carboxylic acids is 1. The number of hydrogen-bond acceptors (Lipinski definition) is 3. The lowest BCUT2D eigenvalue weighted by atomic mass is 9.82. The number of rotatable bonds is 9. The summed E-state index contributed by atoms with van der Waals surface area (Å²) in [6.07, 6.45) is 7.82. The molecule has 3 heteroatoms. The average Bonchev–Trinajstić information content (AvgIpc) is 3.68. The Bertz CT molecular complexity index is 925. The van der Waals surface area contributed by atoms with Gasteiger partial charge in [-0.05, 0) is 61.5 Å². The fourth-order valence-corrected chi connectivity index (χ4v) is 5.08. The monoisotopic (exact) mass is 402 g/mol. The van der Waals surface area contributed by atoms with Gasteiger partial charge >= 0.3 is 5.97 Å². The Hall–Kier alpha value is -2.55. The molecule has 2 fully saturated rings. The molecule has 0 bridgehead atoms. The summed E-state index contributed by atoms with van der Waals surface area (Å²) < 4.78 is 6.08. The second-order valence-corrected chi connectivity index (χ2v) is 9.36. The van der Waals surface area contributed by atoms with Crippen molar-refractivity contribution < 1.29 is 14.6 Å². The third-order valence-corrected chi connectivity index (χ3v) is 6.96. The molecule has 156 valence electrons. The number of aliphatic hydroxyl groups is 1. The van der Waals surface area contributed by atoms with Gasteiger partial charge in [0.05, 0.1) is 5.57 Å². The minimum absolute atomic E-state index is 0.0473. The van der Waals surface area contributed by atoms with Crippen molar-refractivity contribution in [3.05, 3.63) is 83.1 Å². The zero-order valence-electron chi connectivity index (χ0n) is 17.4. The molecule has 30 heavy (non-hydrogen) atoms. The Morgan fingerprint density at radius 3 is 2.27 bits per heavy atom. The maximum atomic E-state index is 13.1. The van der Waals surface area contributed by atoms with Crippen LogP contribution in [0.4, 0.5) is 0 Å². The number of hydrogen-bond donors (Lipinski definition) is 1. The molecule has 2 aliphatic carbocycles. The summed E-state index contributed by atoms with van der Waals surface area (Å²) in [4.78, 5) is 13.1. The number of ether oxygens (including phenoxy) is 1. The molecular weight excluding hydrogens is 372 g/mol. The molecule has 2 saturated carbocycles. The fourth-order valence-electron chi connectivity index (χ4n) is 5.08. The first-order valence-corrected chi connectivity index (χ1v) is 11.4. The first-order chi connectivity index (χ1) is 14.7. The van der Waals surface area contributed by atoms with Gasteiger partial charge in [0.15, 0.2) is 5.60 Å². The van der Waals surface area contributed by atoms with Crippen LogP contribution >= 0.6 is 0 Å². The summed E-state index contributed by atoms with van der Waals surface area (Å²) in [7, 11) is 0. The van der Waals surface area contributed by atoms with Crippen LogP contribution in [0.25, 0.3) is 0 Å². The van der Waals surface area contributed by atoms with E-state index in [0.29, 0.717) is 23.8 Å². The second-order valence-electron chi connectivity index (χ2n) is 9.36. The van der Waals surface area contributed by atoms with Crippen molar-refractivity contribution in [1.29, 1.82) is 0 Å². The van der Waals surface area contributed by atoms with Crippen molar-refractivity contribution in [2.24, 2.45) is 11.8 Å². The van der Waals surface area contributed by atoms with Gasteiger partial charge in [0.25, 0.3) is 0 Å². The van der Waals surface area contributed by atoms with Crippen LogP contribution in [0.2, 0.25) is 0 Å². The molecule has 2 aromatic rings. The van der Waals surface area contributed by atoms with Crippen LogP contribution in [0.15, 0.2) is 72.0 Å². The quantitative estimate of drug-likeness (QED) is 0.515. The summed E-state index contributed by atoms with van der Waals surface area (Å²) in [5.41, 5.74) is 2.10. The molecule has 1 N–H and O–H groups in total. The predicted octanol–water partition coefficient (Wildman–Crippen LogP) is 6.11. The van der Waals surface area contributed by atoms with E-state index in [2.05, 4.69) is 36.4 Å². The number of cyclic esters (lactones) is 1. The van der Waals surface area contributed by atoms with E-state index in [9.17, 15) is 9.90 Å². The summed E-state index contributed by atoms with van der Waals surface area (Å²) in [5, 5.41) is 11.5. The van der Waals surface area contributed by atoms with Gasteiger partial charge in [0.2, 0.25) is 0 Å². The maximum Gasteiger partial charge on any atom is 0.339 e. The smallest absolute Gasteiger partial charge is 0.339 e. The van der Waals surface area contributed by atoms with E-state index in [1.165, 1.54) is 18.4 Å². The Kier molecular flexibility index (Phi) is 5.14. The van der Waals surface area contributed by atoms with Crippen LogP contribution in [0, 0.1) is 11.8 Å². The van der Waals surface area contributed by atoms with Crippen molar-refractivity contribution in [3.8, 4) is 0 Å². The van der Waals surface area contributed by atoms with E-state index < -0.39 is 5.60 Å². The van der Waals surface area contributed by atoms with Gasteiger partial charge in [-0.3, -0.25) is 0 Å². The highest BCUT2D eigenvalue weighted by Gasteiger charge is 2.53. The SMILES string of the molecule is O=C1OC(CCCc2ccccc2)(CC2CC2)C(O)=C1C(c1ccccc1)C1CC1. The zero-order chi connectivity index (χ0) is 20.6. The van der Waals surface area contributed by atoms with E-state index in [1.807, 2.05) is 24.3 Å². The Morgan fingerprint density at radius 1 is 0.967 bits per heavy atom. The molecule has 3 nitrogen and oxygen atoms in total. The lowest BCUT2D eigenvalue weighted by molar-refractivity contribution is -0.150. The van der Waals surface area contributed by atoms with Crippen LogP contribution < -0.4 is 0 Å². The number of carbonyl (C=O) groups is 1. The number of benzene rings is 2. The van der Waals surface area contributed by atoms with Crippen molar-refractivity contribution in [3.63, 3.8) is 0 Å². The molecule has 2 unspecified atom stereocenters. The minimum Gasteiger partial charge on any atom is -0.507 e. The molecule has 1 heterocycles. The Labute approximate surface area is 178 Å². The van der Waals surface area contributed by atoms with Gasteiger partial charge in [-0.1, -0.05) is 73.5 Å².